The molecule has 0 fully saturated rings. The third-order valence-electron chi connectivity index (χ3n) is 5.18. The van der Waals surface area contributed by atoms with Crippen LogP contribution in [0.1, 0.15) is 12.0 Å². The normalized spacial score (nSPS) is 11.3. The van der Waals surface area contributed by atoms with E-state index < -0.39 is 47.2 Å². The van der Waals surface area contributed by atoms with Crippen molar-refractivity contribution in [1.29, 1.82) is 0 Å². The first kappa shape index (κ1) is 35.5. The zero-order valence-electron chi connectivity index (χ0n) is 23.1. The van der Waals surface area contributed by atoms with E-state index in [1.165, 1.54) is 0 Å². The number of esters is 1. The van der Waals surface area contributed by atoms with Crippen LogP contribution in [0.4, 0.5) is 22.0 Å². The van der Waals surface area contributed by atoms with Crippen LogP contribution in [0.3, 0.4) is 0 Å². The molecule has 0 unspecified atom stereocenters. The predicted octanol–water partition coefficient (Wildman–Crippen LogP) is 3.99. The highest BCUT2D eigenvalue weighted by Gasteiger charge is 2.28. The van der Waals surface area contributed by atoms with Crippen molar-refractivity contribution in [2.24, 2.45) is 0 Å². The van der Waals surface area contributed by atoms with E-state index >= 15 is 0 Å². The van der Waals surface area contributed by atoms with Crippen LogP contribution in [0.25, 0.3) is 0 Å². The largest absolute Gasteiger partial charge is 0.420 e. The third-order valence-corrected chi connectivity index (χ3v) is 5.18. The second-order valence-corrected chi connectivity index (χ2v) is 8.34. The molecule has 0 heterocycles. The van der Waals surface area contributed by atoms with Crippen LogP contribution in [0.2, 0.25) is 0 Å². The number of hydrogen-bond acceptors (Lipinski definition) is 9. The van der Waals surface area contributed by atoms with Gasteiger partial charge in [0.05, 0.1) is 98.9 Å². The van der Waals surface area contributed by atoms with Crippen molar-refractivity contribution in [2.75, 3.05) is 85.9 Å². The number of carbonyl (C=O) groups excluding carboxylic acids is 1. The van der Waals surface area contributed by atoms with Gasteiger partial charge in [-0.1, -0.05) is 30.3 Å². The highest BCUT2D eigenvalue weighted by Crippen LogP contribution is 2.29. The van der Waals surface area contributed by atoms with Crippen molar-refractivity contribution in [3.8, 4) is 5.75 Å². The predicted molar refractivity (Wildman–Crippen MR) is 137 cm³/mol. The van der Waals surface area contributed by atoms with Gasteiger partial charge < -0.3 is 37.9 Å². The first-order valence-electron chi connectivity index (χ1n) is 13.2. The molecule has 0 aliphatic rings. The molecule has 0 aliphatic heterocycles. The summed E-state index contributed by atoms with van der Waals surface area (Å²) < 4.78 is 108. The zero-order chi connectivity index (χ0) is 30.4. The molecule has 0 aliphatic carbocycles. The van der Waals surface area contributed by atoms with Crippen LogP contribution < -0.4 is 4.74 Å². The van der Waals surface area contributed by atoms with Gasteiger partial charge in [-0.15, -0.1) is 0 Å². The Kier molecular flexibility index (Phi) is 18.5. The fourth-order valence-electron chi connectivity index (χ4n) is 3.08. The zero-order valence-corrected chi connectivity index (χ0v) is 23.1. The highest BCUT2D eigenvalue weighted by atomic mass is 19.2. The van der Waals surface area contributed by atoms with Crippen molar-refractivity contribution in [3.63, 3.8) is 0 Å². The van der Waals surface area contributed by atoms with Crippen molar-refractivity contribution >= 4 is 5.97 Å². The molecular formula is C28H35F5O9. The molecule has 0 amide bonds. The molecule has 0 radical (unpaired) electrons. The molecule has 2 aromatic rings. The molecule has 42 heavy (non-hydrogen) atoms. The van der Waals surface area contributed by atoms with E-state index in [1.807, 2.05) is 30.3 Å². The second-order valence-electron chi connectivity index (χ2n) is 8.34. The number of benzene rings is 2. The smallest absolute Gasteiger partial charge is 0.313 e. The lowest BCUT2D eigenvalue weighted by Gasteiger charge is -2.09. The highest BCUT2D eigenvalue weighted by molar-refractivity contribution is 5.72. The number of ether oxygens (including phenoxy) is 8. The Morgan fingerprint density at radius 3 is 1.26 bits per heavy atom. The molecule has 0 aromatic heterocycles. The first-order chi connectivity index (χ1) is 20.4. The molecule has 0 N–H and O–H groups in total. The molecule has 236 valence electrons. The average molecular weight is 611 g/mol. The molecule has 0 saturated heterocycles. The van der Waals surface area contributed by atoms with Gasteiger partial charge in [0.25, 0.3) is 0 Å². The molecule has 14 heteroatoms. The molecule has 2 rings (SSSR count). The van der Waals surface area contributed by atoms with Gasteiger partial charge >= 0.3 is 5.97 Å². The van der Waals surface area contributed by atoms with Gasteiger partial charge in [0.2, 0.25) is 34.8 Å². The Labute approximate surface area is 240 Å². The van der Waals surface area contributed by atoms with E-state index in [0.717, 1.165) is 5.56 Å². The van der Waals surface area contributed by atoms with Crippen LogP contribution in [-0.4, -0.2) is 91.9 Å². The van der Waals surface area contributed by atoms with Gasteiger partial charge in [-0.2, -0.15) is 8.78 Å². The van der Waals surface area contributed by atoms with Gasteiger partial charge in [0.1, 0.15) is 0 Å². The Bertz CT molecular complexity index is 1000. The summed E-state index contributed by atoms with van der Waals surface area (Å²) in [6.07, 6.45) is -0.480. The Hall–Kier alpha value is -2.72. The van der Waals surface area contributed by atoms with Gasteiger partial charge in [-0.3, -0.25) is 4.79 Å². The van der Waals surface area contributed by atoms with Crippen LogP contribution >= 0.6 is 0 Å². The van der Waals surface area contributed by atoms with Crippen LogP contribution in [0, 0.1) is 29.1 Å². The Morgan fingerprint density at radius 2 is 0.833 bits per heavy atom. The lowest BCUT2D eigenvalue weighted by molar-refractivity contribution is -0.136. The molecule has 2 aromatic carbocycles. The number of rotatable bonds is 24. The van der Waals surface area contributed by atoms with Crippen LogP contribution in [-0.2, 0) is 44.6 Å². The minimum Gasteiger partial charge on any atom is -0.420 e. The van der Waals surface area contributed by atoms with Gasteiger partial charge in [0.15, 0.2) is 0 Å². The maximum atomic E-state index is 13.5. The van der Waals surface area contributed by atoms with Crippen molar-refractivity contribution in [2.45, 2.75) is 13.0 Å². The van der Waals surface area contributed by atoms with Gasteiger partial charge in [0, 0.05) is 0 Å². The SMILES string of the molecule is O=C(CCOCCOCCOCCOCCOCCOCCOCc1ccccc1)Oc1c(F)c(F)c(F)c(F)c1F. The Morgan fingerprint density at radius 1 is 0.476 bits per heavy atom. The standard InChI is InChI=1S/C28H35F5O9/c29-23-24(30)26(32)28(27(33)25(23)31)42-22(34)6-7-35-8-9-36-10-11-37-12-13-38-14-15-39-16-17-40-18-19-41-20-21-4-2-1-3-5-21/h1-5H,6-20H2. The van der Waals surface area contributed by atoms with E-state index in [0.29, 0.717) is 66.1 Å². The second kappa shape index (κ2) is 21.9. The van der Waals surface area contributed by atoms with Crippen molar-refractivity contribution < 1.29 is 64.6 Å². The average Bonchev–Trinajstić information content (AvgIpc) is 3.00. The number of halogens is 5. The maximum Gasteiger partial charge on any atom is 0.313 e. The molecule has 0 spiro atoms. The lowest BCUT2D eigenvalue weighted by Crippen LogP contribution is -2.16. The quantitative estimate of drug-likeness (QED) is 0.0437. The summed E-state index contributed by atoms with van der Waals surface area (Å²) in [6.45, 7) is 4.78. The first-order valence-corrected chi connectivity index (χ1v) is 13.2. The minimum absolute atomic E-state index is 0.0893. The maximum absolute atomic E-state index is 13.5. The fraction of sp³-hybridized carbons (Fsp3) is 0.536. The summed E-state index contributed by atoms with van der Waals surface area (Å²) in [4.78, 5) is 11.6. The molecule has 0 saturated carbocycles. The summed E-state index contributed by atoms with van der Waals surface area (Å²) in [5.41, 5.74) is 1.12. The summed E-state index contributed by atoms with van der Waals surface area (Å²) in [7, 11) is 0. The summed E-state index contributed by atoms with van der Waals surface area (Å²) in [5.74, 6) is -14.1. The summed E-state index contributed by atoms with van der Waals surface area (Å²) in [6, 6.07) is 9.91. The Balaban J connectivity index is 1.29. The molecular weight excluding hydrogens is 575 g/mol. The molecule has 0 atom stereocenters. The van der Waals surface area contributed by atoms with E-state index in [2.05, 4.69) is 4.74 Å². The van der Waals surface area contributed by atoms with Crippen LogP contribution in [0.15, 0.2) is 30.3 Å². The lowest BCUT2D eigenvalue weighted by atomic mass is 10.2. The minimum atomic E-state index is -2.34. The number of carbonyl (C=O) groups is 1. The molecule has 9 nitrogen and oxygen atoms in total. The van der Waals surface area contributed by atoms with Crippen molar-refractivity contribution in [3.05, 3.63) is 65.0 Å². The van der Waals surface area contributed by atoms with Gasteiger partial charge in [-0.05, 0) is 5.56 Å². The molecule has 0 bridgehead atoms. The third kappa shape index (κ3) is 14.4. The fourth-order valence-corrected chi connectivity index (χ4v) is 3.08. The summed E-state index contributed by atoms with van der Waals surface area (Å²) in [5, 5.41) is 0. The topological polar surface area (TPSA) is 90.9 Å². The van der Waals surface area contributed by atoms with E-state index in [1.54, 1.807) is 0 Å². The monoisotopic (exact) mass is 610 g/mol. The van der Waals surface area contributed by atoms with Crippen molar-refractivity contribution in [1.82, 2.24) is 0 Å². The van der Waals surface area contributed by atoms with E-state index in [9.17, 15) is 26.7 Å². The number of hydrogen-bond donors (Lipinski definition) is 0. The van der Waals surface area contributed by atoms with Gasteiger partial charge in [-0.25, -0.2) is 13.2 Å². The van der Waals surface area contributed by atoms with E-state index in [4.69, 9.17) is 33.2 Å². The van der Waals surface area contributed by atoms with E-state index in [-0.39, 0.29) is 26.4 Å². The summed E-state index contributed by atoms with van der Waals surface area (Å²) >= 11 is 0. The van der Waals surface area contributed by atoms with Crippen LogP contribution in [0.5, 0.6) is 5.75 Å².